The molecule has 0 saturated carbocycles. The summed E-state index contributed by atoms with van der Waals surface area (Å²) in [6, 6.07) is 7.94. The fraction of sp³-hybridized carbons (Fsp3) is 0.222. The van der Waals surface area contributed by atoms with Crippen molar-refractivity contribution in [1.82, 2.24) is 0 Å². The van der Waals surface area contributed by atoms with Crippen LogP contribution in [0.15, 0.2) is 46.9 Å². The molecule has 9 heteroatoms. The molecule has 144 valence electrons. The first-order chi connectivity index (χ1) is 12.5. The second kappa shape index (κ2) is 6.71. The number of fused-ring (bicyclic) bond motifs is 1. The van der Waals surface area contributed by atoms with Crippen LogP contribution in [0.25, 0.3) is 11.0 Å². The number of hydrogen-bond acceptors (Lipinski definition) is 3. The van der Waals surface area contributed by atoms with Gasteiger partial charge in [-0.15, -0.1) is 13.2 Å². The van der Waals surface area contributed by atoms with Gasteiger partial charge in [0.25, 0.3) is 0 Å². The topological polar surface area (TPSA) is 31.6 Å². The van der Waals surface area contributed by atoms with Gasteiger partial charge in [-0.3, -0.25) is 0 Å². The van der Waals surface area contributed by atoms with Crippen molar-refractivity contribution in [2.75, 3.05) is 0 Å². The normalized spacial score (nSPS) is 12.4. The second-order valence-corrected chi connectivity index (χ2v) is 5.72. The van der Waals surface area contributed by atoms with Gasteiger partial charge < -0.3 is 13.9 Å². The molecule has 0 saturated heterocycles. The zero-order valence-corrected chi connectivity index (χ0v) is 13.7. The van der Waals surface area contributed by atoms with Crippen molar-refractivity contribution in [1.29, 1.82) is 0 Å². The van der Waals surface area contributed by atoms with Crippen molar-refractivity contribution < 1.29 is 40.2 Å². The Morgan fingerprint density at radius 1 is 0.926 bits per heavy atom. The summed E-state index contributed by atoms with van der Waals surface area (Å²) in [4.78, 5) is 0. The highest BCUT2D eigenvalue weighted by Gasteiger charge is 2.32. The minimum Gasteiger partial charge on any atom is -0.489 e. The van der Waals surface area contributed by atoms with Gasteiger partial charge in [-0.2, -0.15) is 13.2 Å². The monoisotopic (exact) mass is 390 g/mol. The fourth-order valence-electron chi connectivity index (χ4n) is 2.55. The van der Waals surface area contributed by atoms with E-state index in [4.69, 9.17) is 9.15 Å². The molecule has 0 atom stereocenters. The summed E-state index contributed by atoms with van der Waals surface area (Å²) in [6.07, 6.45) is -9.42. The molecule has 1 heterocycles. The first kappa shape index (κ1) is 18.9. The standard InChI is InChI=1S/C18H12F6O3/c1-10-5-11-6-15(27-18(22,23)24)7-12(16(11)26-10)9-25-14-4-2-3-13(8-14)17(19,20)21/h2-8H,9H2,1H3. The van der Waals surface area contributed by atoms with Crippen LogP contribution in [-0.2, 0) is 12.8 Å². The first-order valence-corrected chi connectivity index (χ1v) is 7.60. The van der Waals surface area contributed by atoms with Crippen molar-refractivity contribution in [2.24, 2.45) is 0 Å². The van der Waals surface area contributed by atoms with Crippen molar-refractivity contribution in [2.45, 2.75) is 26.1 Å². The van der Waals surface area contributed by atoms with Gasteiger partial charge in [-0.25, -0.2) is 0 Å². The Bertz CT molecular complexity index is 956. The third kappa shape index (κ3) is 4.66. The van der Waals surface area contributed by atoms with Crippen LogP contribution in [0.1, 0.15) is 16.9 Å². The minimum atomic E-state index is -4.88. The number of rotatable bonds is 4. The smallest absolute Gasteiger partial charge is 0.489 e. The quantitative estimate of drug-likeness (QED) is 0.495. The van der Waals surface area contributed by atoms with E-state index in [1.54, 1.807) is 6.92 Å². The molecule has 2 aromatic carbocycles. The number of hydrogen-bond donors (Lipinski definition) is 0. The molecule has 0 radical (unpaired) electrons. The number of alkyl halides is 6. The Hall–Kier alpha value is -2.84. The summed E-state index contributed by atoms with van der Waals surface area (Å²) in [7, 11) is 0. The second-order valence-electron chi connectivity index (χ2n) is 5.72. The highest BCUT2D eigenvalue weighted by atomic mass is 19.4. The van der Waals surface area contributed by atoms with Crippen LogP contribution in [-0.4, -0.2) is 6.36 Å². The van der Waals surface area contributed by atoms with Crippen LogP contribution in [0, 0.1) is 6.92 Å². The summed E-state index contributed by atoms with van der Waals surface area (Å²) in [6.45, 7) is 1.31. The van der Waals surface area contributed by atoms with Crippen LogP contribution in [0.5, 0.6) is 11.5 Å². The van der Waals surface area contributed by atoms with Crippen LogP contribution in [0.3, 0.4) is 0 Å². The molecule has 0 unspecified atom stereocenters. The number of ether oxygens (including phenoxy) is 2. The van der Waals surface area contributed by atoms with Crippen LogP contribution >= 0.6 is 0 Å². The molecule has 0 aliphatic rings. The van der Waals surface area contributed by atoms with E-state index in [1.165, 1.54) is 18.2 Å². The van der Waals surface area contributed by atoms with Crippen molar-refractivity contribution in [3.05, 3.63) is 59.4 Å². The average Bonchev–Trinajstić information content (AvgIpc) is 2.90. The molecule has 27 heavy (non-hydrogen) atoms. The molecule has 0 amide bonds. The Balaban J connectivity index is 1.90. The van der Waals surface area contributed by atoms with Crippen LogP contribution in [0.2, 0.25) is 0 Å². The summed E-state index contributed by atoms with van der Waals surface area (Å²) >= 11 is 0. The molecule has 0 aliphatic heterocycles. The molecule has 3 aromatic rings. The lowest BCUT2D eigenvalue weighted by Gasteiger charge is -2.12. The zero-order chi connectivity index (χ0) is 19.8. The summed E-state index contributed by atoms with van der Waals surface area (Å²) in [5, 5.41) is 0.358. The zero-order valence-electron chi connectivity index (χ0n) is 13.7. The molecule has 3 rings (SSSR count). The number of benzene rings is 2. The van der Waals surface area contributed by atoms with Gasteiger partial charge in [-0.1, -0.05) is 6.07 Å². The third-order valence-corrected chi connectivity index (χ3v) is 3.58. The molecule has 0 fully saturated rings. The largest absolute Gasteiger partial charge is 0.573 e. The Kier molecular flexibility index (Phi) is 4.71. The van der Waals surface area contributed by atoms with Gasteiger partial charge in [0, 0.05) is 10.9 Å². The van der Waals surface area contributed by atoms with Gasteiger partial charge in [0.05, 0.1) is 5.56 Å². The van der Waals surface area contributed by atoms with E-state index < -0.39 is 23.9 Å². The van der Waals surface area contributed by atoms with Gasteiger partial charge in [-0.05, 0) is 43.3 Å². The Morgan fingerprint density at radius 3 is 2.33 bits per heavy atom. The molecule has 1 aromatic heterocycles. The van der Waals surface area contributed by atoms with Crippen LogP contribution in [0.4, 0.5) is 26.3 Å². The highest BCUT2D eigenvalue weighted by molar-refractivity contribution is 5.83. The van der Waals surface area contributed by atoms with Crippen molar-refractivity contribution in [3.8, 4) is 11.5 Å². The molecule has 0 bridgehead atoms. The van der Waals surface area contributed by atoms with E-state index in [9.17, 15) is 26.3 Å². The number of furan rings is 1. The summed E-state index contributed by atoms with van der Waals surface area (Å²) < 4.78 is 90.5. The Labute approximate surface area is 149 Å². The molecule has 0 N–H and O–H groups in total. The third-order valence-electron chi connectivity index (χ3n) is 3.58. The molecular weight excluding hydrogens is 378 g/mol. The predicted octanol–water partition coefficient (Wildman–Crippen LogP) is 6.24. The summed E-state index contributed by atoms with van der Waals surface area (Å²) in [5.74, 6) is -0.101. The lowest BCUT2D eigenvalue weighted by atomic mass is 10.1. The molecule has 0 spiro atoms. The summed E-state index contributed by atoms with van der Waals surface area (Å²) in [5.41, 5.74) is -0.417. The lowest BCUT2D eigenvalue weighted by molar-refractivity contribution is -0.274. The van der Waals surface area contributed by atoms with E-state index in [0.717, 1.165) is 24.3 Å². The van der Waals surface area contributed by atoms with Crippen LogP contribution < -0.4 is 9.47 Å². The Morgan fingerprint density at radius 2 is 1.67 bits per heavy atom. The molecule has 0 aliphatic carbocycles. The van der Waals surface area contributed by atoms with E-state index in [0.29, 0.717) is 11.1 Å². The SMILES string of the molecule is Cc1cc2cc(OC(F)(F)F)cc(COc3cccc(C(F)(F)F)c3)c2o1. The van der Waals surface area contributed by atoms with E-state index in [-0.39, 0.29) is 23.5 Å². The van der Waals surface area contributed by atoms with E-state index in [1.807, 2.05) is 0 Å². The van der Waals surface area contributed by atoms with Crippen molar-refractivity contribution in [3.63, 3.8) is 0 Å². The van der Waals surface area contributed by atoms with Gasteiger partial charge in [0.2, 0.25) is 0 Å². The number of aryl methyl sites for hydroxylation is 1. The average molecular weight is 390 g/mol. The maximum absolute atomic E-state index is 12.8. The lowest BCUT2D eigenvalue weighted by Crippen LogP contribution is -2.17. The number of halogens is 6. The van der Waals surface area contributed by atoms with E-state index in [2.05, 4.69) is 4.74 Å². The maximum atomic E-state index is 12.8. The van der Waals surface area contributed by atoms with Gasteiger partial charge in [0.15, 0.2) is 0 Å². The fourth-order valence-corrected chi connectivity index (χ4v) is 2.55. The van der Waals surface area contributed by atoms with Gasteiger partial charge in [0.1, 0.15) is 29.4 Å². The highest BCUT2D eigenvalue weighted by Crippen LogP contribution is 2.34. The maximum Gasteiger partial charge on any atom is 0.573 e. The van der Waals surface area contributed by atoms with E-state index >= 15 is 0 Å². The van der Waals surface area contributed by atoms with Gasteiger partial charge >= 0.3 is 12.5 Å². The minimum absolute atomic E-state index is 0.0802. The predicted molar refractivity (Wildman–Crippen MR) is 83.4 cm³/mol. The first-order valence-electron chi connectivity index (χ1n) is 7.60. The van der Waals surface area contributed by atoms with Crippen molar-refractivity contribution >= 4 is 11.0 Å². The molecule has 3 nitrogen and oxygen atoms in total. The molecular formula is C18H12F6O3.